The number of halogens is 2. The number of nitrogens with two attached hydrogens (primary N) is 1. The highest BCUT2D eigenvalue weighted by molar-refractivity contribution is 6.04. The highest BCUT2D eigenvalue weighted by Gasteiger charge is 2.30. The van der Waals surface area contributed by atoms with Gasteiger partial charge < -0.3 is 25.8 Å². The molecule has 222 valence electrons. The molecule has 2 atom stereocenters. The lowest BCUT2D eigenvalue weighted by molar-refractivity contribution is -0.0831. The van der Waals surface area contributed by atoms with Gasteiger partial charge in [0.25, 0.3) is 11.8 Å². The number of aliphatic hydroxyl groups is 1. The van der Waals surface area contributed by atoms with Crippen LogP contribution in [-0.4, -0.2) is 46.4 Å². The second-order valence-corrected chi connectivity index (χ2v) is 10.9. The molecule has 1 amide bonds. The summed E-state index contributed by atoms with van der Waals surface area (Å²) in [6, 6.07) is 7.95. The van der Waals surface area contributed by atoms with Crippen LogP contribution in [0.25, 0.3) is 5.57 Å². The maximum Gasteiger partial charge on any atom is 0.286 e. The van der Waals surface area contributed by atoms with Gasteiger partial charge in [-0.2, -0.15) is 8.78 Å². The molecule has 0 saturated carbocycles. The summed E-state index contributed by atoms with van der Waals surface area (Å²) in [5.41, 5.74) is 10.3. The van der Waals surface area contributed by atoms with Crippen molar-refractivity contribution in [3.63, 3.8) is 0 Å². The van der Waals surface area contributed by atoms with Crippen LogP contribution in [0.5, 0.6) is 0 Å². The first kappa shape index (κ1) is 32.0. The molecule has 9 heteroatoms. The Hall–Kier alpha value is -3.56. The van der Waals surface area contributed by atoms with E-state index in [1.165, 1.54) is 12.3 Å². The molecular formula is C32H42F2N4O3. The predicted molar refractivity (Wildman–Crippen MR) is 159 cm³/mol. The molecule has 2 heterocycles. The summed E-state index contributed by atoms with van der Waals surface area (Å²) in [5, 5.41) is 14.0. The molecule has 1 aromatic heterocycles. The molecule has 1 fully saturated rings. The molecule has 0 bridgehead atoms. The Morgan fingerprint density at radius 1 is 1.29 bits per heavy atom. The summed E-state index contributed by atoms with van der Waals surface area (Å²) < 4.78 is 33.1. The summed E-state index contributed by atoms with van der Waals surface area (Å²) in [6.45, 7) is 11.7. The molecule has 1 saturated heterocycles. The third-order valence-corrected chi connectivity index (χ3v) is 7.14. The third kappa shape index (κ3) is 8.24. The molecule has 0 aliphatic carbocycles. The van der Waals surface area contributed by atoms with Gasteiger partial charge in [0.05, 0.1) is 6.61 Å². The van der Waals surface area contributed by atoms with Gasteiger partial charge in [0, 0.05) is 42.9 Å². The number of aliphatic hydroxyl groups excluding tert-OH is 1. The number of nitrogens with one attached hydrogen (secondary N) is 1. The van der Waals surface area contributed by atoms with E-state index in [9.17, 15) is 18.7 Å². The van der Waals surface area contributed by atoms with Crippen LogP contribution in [0, 0.1) is 12.8 Å². The zero-order valence-corrected chi connectivity index (χ0v) is 24.7. The maximum absolute atomic E-state index is 13.7. The first-order chi connectivity index (χ1) is 19.3. The minimum Gasteiger partial charge on any atom is -0.385 e. The van der Waals surface area contributed by atoms with Crippen LogP contribution >= 0.6 is 0 Å². The average molecular weight is 569 g/mol. The van der Waals surface area contributed by atoms with Gasteiger partial charge in [-0.05, 0) is 100 Å². The summed E-state index contributed by atoms with van der Waals surface area (Å²) in [6.07, 6.45) is 8.03. The van der Waals surface area contributed by atoms with Gasteiger partial charge in [0.1, 0.15) is 17.7 Å². The van der Waals surface area contributed by atoms with Gasteiger partial charge in [0.15, 0.2) is 0 Å². The number of nitrogens with zero attached hydrogens (tertiary/aromatic N) is 2. The zero-order valence-electron chi connectivity index (χ0n) is 24.7. The van der Waals surface area contributed by atoms with Crippen LogP contribution < -0.4 is 11.1 Å². The zero-order chi connectivity index (χ0) is 30.3. The van der Waals surface area contributed by atoms with E-state index in [-0.39, 0.29) is 17.5 Å². The van der Waals surface area contributed by atoms with E-state index in [4.69, 9.17) is 10.5 Å². The Kier molecular flexibility index (Phi) is 10.8. The number of anilines is 1. The Morgan fingerprint density at radius 3 is 2.63 bits per heavy atom. The number of rotatable bonds is 10. The summed E-state index contributed by atoms with van der Waals surface area (Å²) in [7, 11) is 0. The van der Waals surface area contributed by atoms with Crippen LogP contribution in [0.3, 0.4) is 0 Å². The Labute approximate surface area is 241 Å². The van der Waals surface area contributed by atoms with Gasteiger partial charge in [0.2, 0.25) is 0 Å². The topological polar surface area (TPSA) is 101 Å². The average Bonchev–Trinajstić information content (AvgIpc) is 2.93. The van der Waals surface area contributed by atoms with Gasteiger partial charge in [-0.1, -0.05) is 18.2 Å². The fraction of sp³-hybridized carbons (Fsp3) is 0.438. The normalized spacial score (nSPS) is 17.9. The van der Waals surface area contributed by atoms with E-state index in [1.54, 1.807) is 6.07 Å². The Morgan fingerprint density at radius 2 is 2.02 bits per heavy atom. The highest BCUT2D eigenvalue weighted by Crippen LogP contribution is 2.29. The van der Waals surface area contributed by atoms with Crippen molar-refractivity contribution in [2.45, 2.75) is 72.6 Å². The van der Waals surface area contributed by atoms with Crippen molar-refractivity contribution in [2.24, 2.45) is 11.7 Å². The molecule has 0 radical (unpaired) electrons. The third-order valence-electron chi connectivity index (χ3n) is 7.14. The minimum atomic E-state index is -3.15. The SMILES string of the molecule is C\C=C/C(=C\C(C)=C(/N)N(C(C)C)C(O)[C@H]1CCCOC1)c1cc(NC(=O)c2ccnc(C(C)(F)F)c2)ccc1C. The lowest BCUT2D eigenvalue weighted by Gasteiger charge is -2.39. The number of allylic oxidation sites excluding steroid dienone is 5. The van der Waals surface area contributed by atoms with E-state index in [2.05, 4.69) is 10.3 Å². The van der Waals surface area contributed by atoms with Crippen LogP contribution in [0.2, 0.25) is 0 Å². The molecule has 1 aliphatic rings. The number of ether oxygens (including phenoxy) is 1. The second-order valence-electron chi connectivity index (χ2n) is 10.9. The second kappa shape index (κ2) is 13.9. The molecule has 7 nitrogen and oxygen atoms in total. The van der Waals surface area contributed by atoms with Crippen molar-refractivity contribution < 1.29 is 23.4 Å². The van der Waals surface area contributed by atoms with E-state index >= 15 is 0 Å². The summed E-state index contributed by atoms with van der Waals surface area (Å²) in [4.78, 5) is 18.4. The van der Waals surface area contributed by atoms with E-state index in [0.717, 1.165) is 48.1 Å². The molecule has 41 heavy (non-hydrogen) atoms. The quantitative estimate of drug-likeness (QED) is 0.228. The molecule has 3 rings (SSSR count). The van der Waals surface area contributed by atoms with Crippen molar-refractivity contribution in [1.82, 2.24) is 9.88 Å². The number of benzene rings is 1. The number of carbonyl (C=O) groups excluding carboxylic acids is 1. The number of hydrogen-bond donors (Lipinski definition) is 3. The Bertz CT molecular complexity index is 1310. The summed E-state index contributed by atoms with van der Waals surface area (Å²) >= 11 is 0. The molecule has 1 aliphatic heterocycles. The number of amides is 1. The lowest BCUT2D eigenvalue weighted by atomic mass is 9.96. The van der Waals surface area contributed by atoms with Crippen molar-refractivity contribution in [1.29, 1.82) is 0 Å². The minimum absolute atomic E-state index is 0.0287. The monoisotopic (exact) mass is 568 g/mol. The van der Waals surface area contributed by atoms with Crippen molar-refractivity contribution in [2.75, 3.05) is 18.5 Å². The van der Waals surface area contributed by atoms with Gasteiger partial charge in [-0.15, -0.1) is 0 Å². The number of carbonyl (C=O) groups is 1. The molecule has 1 aromatic carbocycles. The maximum atomic E-state index is 13.7. The van der Waals surface area contributed by atoms with E-state index < -0.39 is 23.8 Å². The van der Waals surface area contributed by atoms with Crippen LogP contribution in [-0.2, 0) is 10.7 Å². The van der Waals surface area contributed by atoms with Crippen molar-refractivity contribution in [3.8, 4) is 0 Å². The molecule has 4 N–H and O–H groups in total. The lowest BCUT2D eigenvalue weighted by Crippen LogP contribution is -2.48. The van der Waals surface area contributed by atoms with Crippen LogP contribution in [0.15, 0.2) is 66.2 Å². The van der Waals surface area contributed by atoms with Gasteiger partial charge >= 0.3 is 0 Å². The number of aryl methyl sites for hydroxylation is 1. The fourth-order valence-corrected chi connectivity index (χ4v) is 4.89. The van der Waals surface area contributed by atoms with Gasteiger partial charge in [-0.3, -0.25) is 9.78 Å². The predicted octanol–water partition coefficient (Wildman–Crippen LogP) is 6.36. The van der Waals surface area contributed by atoms with Crippen molar-refractivity contribution in [3.05, 3.63) is 88.5 Å². The summed E-state index contributed by atoms with van der Waals surface area (Å²) in [5.74, 6) is -3.22. The Balaban J connectivity index is 1.94. The first-order valence-corrected chi connectivity index (χ1v) is 13.9. The largest absolute Gasteiger partial charge is 0.385 e. The first-order valence-electron chi connectivity index (χ1n) is 13.9. The van der Waals surface area contributed by atoms with E-state index in [0.29, 0.717) is 24.7 Å². The number of aromatic nitrogens is 1. The fourth-order valence-electron chi connectivity index (χ4n) is 4.89. The smallest absolute Gasteiger partial charge is 0.286 e. The van der Waals surface area contributed by atoms with Crippen LogP contribution in [0.1, 0.15) is 74.6 Å². The molecule has 1 unspecified atom stereocenters. The number of hydrogen-bond acceptors (Lipinski definition) is 6. The molecule has 0 spiro atoms. The molecule has 2 aromatic rings. The van der Waals surface area contributed by atoms with Crippen LogP contribution in [0.4, 0.5) is 14.5 Å². The van der Waals surface area contributed by atoms with E-state index in [1.807, 2.05) is 69.9 Å². The van der Waals surface area contributed by atoms with Crippen molar-refractivity contribution >= 4 is 17.2 Å². The van der Waals surface area contributed by atoms with Gasteiger partial charge in [-0.25, -0.2) is 0 Å². The molecular weight excluding hydrogens is 526 g/mol. The standard InChI is InChI=1S/C32H42F2N4O3/c1-7-9-23(16-22(5)29(35)38(20(2)3)31(40)25-10-8-15-41-19-25)27-18-26(12-11-21(27)4)37-30(39)24-13-14-36-28(17-24)32(6,33)34/h7,9,11-14,16-18,20,25,31,40H,8,10,15,19,35H2,1-6H3,(H,37,39)/b9-7-,23-16+,29-22+/t25-,31?/m0/s1. The highest BCUT2D eigenvalue weighted by atomic mass is 19.3. The number of alkyl halides is 2. The number of pyridine rings is 1.